The maximum Gasteiger partial charge on any atom is 0.407 e. The molecule has 0 unspecified atom stereocenters. The lowest BCUT2D eigenvalue weighted by molar-refractivity contribution is 0.1000. The number of aliphatic imine (C=N–C) groups is 1. The number of carbonyl (C=O) groups excluding carboxylic acids is 1. The fourth-order valence-electron chi connectivity index (χ4n) is 1.07. The van der Waals surface area contributed by atoms with E-state index in [1.54, 1.807) is 0 Å². The summed E-state index contributed by atoms with van der Waals surface area (Å²) in [5.41, 5.74) is -0.420. The zero-order chi connectivity index (χ0) is 11.2. The number of isocyanates is 1. The van der Waals surface area contributed by atoms with Crippen molar-refractivity contribution >= 4 is 12.2 Å². The van der Waals surface area contributed by atoms with Gasteiger partial charge in [-0.15, -0.1) is 0 Å². The number of carboxylic acid groups (broad SMARTS) is 1. The molecule has 0 atom stereocenters. The minimum atomic E-state index is -0.951. The molecule has 0 aliphatic rings. The Morgan fingerprint density at radius 2 is 2.07 bits per heavy atom. The third-order valence-electron chi connectivity index (χ3n) is 1.76. The molecule has 0 radical (unpaired) electrons. The van der Waals surface area contributed by atoms with E-state index < -0.39 is 11.6 Å². The predicted octanol–water partition coefficient (Wildman–Crippen LogP) is 1.49. The molecule has 0 fully saturated rings. The third kappa shape index (κ3) is 4.62. The van der Waals surface area contributed by atoms with Crippen LogP contribution in [-0.2, 0) is 4.79 Å². The highest BCUT2D eigenvalue weighted by atomic mass is 16.4. The van der Waals surface area contributed by atoms with Gasteiger partial charge in [-0.2, -0.15) is 0 Å². The molecule has 1 amide bonds. The van der Waals surface area contributed by atoms with Crippen LogP contribution in [0.3, 0.4) is 0 Å². The molecule has 0 rings (SSSR count). The molecule has 14 heavy (non-hydrogen) atoms. The summed E-state index contributed by atoms with van der Waals surface area (Å²) in [6.07, 6.45) is 1.01. The first kappa shape index (κ1) is 12.7. The van der Waals surface area contributed by atoms with Crippen molar-refractivity contribution in [3.63, 3.8) is 0 Å². The number of carbonyl (C=O) groups is 1. The van der Waals surface area contributed by atoms with E-state index in [1.165, 1.54) is 11.0 Å². The lowest BCUT2D eigenvalue weighted by Gasteiger charge is -2.32. The molecule has 0 saturated heterocycles. The molecule has 1 N–H and O–H groups in total. The summed E-state index contributed by atoms with van der Waals surface area (Å²) in [7, 11) is 0. The van der Waals surface area contributed by atoms with Crippen molar-refractivity contribution in [3.8, 4) is 0 Å². The number of rotatable bonds is 4. The molecule has 0 aliphatic carbocycles. The zero-order valence-electron chi connectivity index (χ0n) is 8.78. The van der Waals surface area contributed by atoms with Crippen LogP contribution in [-0.4, -0.2) is 40.8 Å². The van der Waals surface area contributed by atoms with E-state index in [1.807, 2.05) is 20.8 Å². The summed E-state index contributed by atoms with van der Waals surface area (Å²) < 4.78 is 0. The number of amides is 1. The number of hydrogen-bond donors (Lipinski definition) is 1. The Morgan fingerprint density at radius 3 is 2.43 bits per heavy atom. The van der Waals surface area contributed by atoms with E-state index in [2.05, 4.69) is 4.99 Å². The predicted molar refractivity (Wildman–Crippen MR) is 52.1 cm³/mol. The van der Waals surface area contributed by atoms with Crippen molar-refractivity contribution in [2.45, 2.75) is 32.7 Å². The van der Waals surface area contributed by atoms with Crippen molar-refractivity contribution in [3.05, 3.63) is 0 Å². The Hall–Kier alpha value is -1.35. The van der Waals surface area contributed by atoms with Crippen molar-refractivity contribution in [1.82, 2.24) is 4.90 Å². The average Bonchev–Trinajstić information content (AvgIpc) is 2.01. The first-order valence-electron chi connectivity index (χ1n) is 4.44. The SMILES string of the molecule is CC(C)(C)N(CCCN=C=O)C(=O)O. The van der Waals surface area contributed by atoms with Crippen LogP contribution < -0.4 is 0 Å². The van der Waals surface area contributed by atoms with Gasteiger partial charge in [-0.05, 0) is 27.2 Å². The second-order valence-electron chi connectivity index (χ2n) is 3.93. The van der Waals surface area contributed by atoms with Gasteiger partial charge in [0.25, 0.3) is 0 Å². The van der Waals surface area contributed by atoms with Crippen LogP contribution in [0.4, 0.5) is 4.79 Å². The standard InChI is InChI=1S/C9H16N2O3/c1-9(2,3)11(8(13)14)6-4-5-10-7-12/h4-6H2,1-3H3,(H,13,14). The summed E-state index contributed by atoms with van der Waals surface area (Å²) >= 11 is 0. The molecule has 0 aromatic rings. The topological polar surface area (TPSA) is 70.0 Å². The van der Waals surface area contributed by atoms with Crippen molar-refractivity contribution in [2.75, 3.05) is 13.1 Å². The van der Waals surface area contributed by atoms with Crippen molar-refractivity contribution < 1.29 is 14.7 Å². The van der Waals surface area contributed by atoms with Gasteiger partial charge in [0.15, 0.2) is 0 Å². The van der Waals surface area contributed by atoms with E-state index in [0.29, 0.717) is 19.5 Å². The molecule has 0 aromatic heterocycles. The second kappa shape index (κ2) is 5.40. The maximum absolute atomic E-state index is 10.8. The van der Waals surface area contributed by atoms with Gasteiger partial charge in [-0.25, -0.2) is 14.6 Å². The monoisotopic (exact) mass is 200 g/mol. The summed E-state index contributed by atoms with van der Waals surface area (Å²) in [6.45, 7) is 6.17. The summed E-state index contributed by atoms with van der Waals surface area (Å²) in [4.78, 5) is 25.3. The fourth-order valence-corrected chi connectivity index (χ4v) is 1.07. The van der Waals surface area contributed by atoms with Crippen LogP contribution in [0.25, 0.3) is 0 Å². The number of hydrogen-bond acceptors (Lipinski definition) is 3. The highest BCUT2D eigenvalue weighted by Gasteiger charge is 2.24. The molecule has 0 aromatic carbocycles. The Balaban J connectivity index is 4.12. The highest BCUT2D eigenvalue weighted by molar-refractivity contribution is 5.65. The van der Waals surface area contributed by atoms with Crippen molar-refractivity contribution in [2.24, 2.45) is 4.99 Å². The van der Waals surface area contributed by atoms with Crippen LogP contribution in [0.15, 0.2) is 4.99 Å². The summed E-state index contributed by atoms with van der Waals surface area (Å²) in [6, 6.07) is 0. The van der Waals surface area contributed by atoms with Crippen LogP contribution in [0.2, 0.25) is 0 Å². The largest absolute Gasteiger partial charge is 0.465 e. The van der Waals surface area contributed by atoms with Gasteiger partial charge >= 0.3 is 6.09 Å². The van der Waals surface area contributed by atoms with Crippen molar-refractivity contribution in [1.29, 1.82) is 0 Å². The Morgan fingerprint density at radius 1 is 1.50 bits per heavy atom. The molecular weight excluding hydrogens is 184 g/mol. The number of nitrogens with zero attached hydrogens (tertiary/aromatic N) is 2. The van der Waals surface area contributed by atoms with E-state index >= 15 is 0 Å². The zero-order valence-corrected chi connectivity index (χ0v) is 8.78. The Kier molecular flexibility index (Phi) is 4.87. The summed E-state index contributed by atoms with van der Waals surface area (Å²) in [5.74, 6) is 0. The second-order valence-corrected chi connectivity index (χ2v) is 3.93. The third-order valence-corrected chi connectivity index (χ3v) is 1.76. The van der Waals surface area contributed by atoms with Gasteiger partial charge in [0.05, 0.1) is 6.54 Å². The van der Waals surface area contributed by atoms with E-state index in [4.69, 9.17) is 5.11 Å². The van der Waals surface area contributed by atoms with Crippen LogP contribution >= 0.6 is 0 Å². The Bertz CT molecular complexity index is 239. The minimum absolute atomic E-state index is 0.323. The molecule has 80 valence electrons. The van der Waals surface area contributed by atoms with Crippen LogP contribution in [0.1, 0.15) is 27.2 Å². The molecular formula is C9H16N2O3. The molecule has 0 saturated carbocycles. The van der Waals surface area contributed by atoms with Crippen LogP contribution in [0.5, 0.6) is 0 Å². The first-order chi connectivity index (χ1) is 6.39. The minimum Gasteiger partial charge on any atom is -0.465 e. The molecule has 0 heterocycles. The first-order valence-corrected chi connectivity index (χ1v) is 4.44. The quantitative estimate of drug-likeness (QED) is 0.424. The van der Waals surface area contributed by atoms with Gasteiger partial charge in [-0.1, -0.05) is 0 Å². The lowest BCUT2D eigenvalue weighted by atomic mass is 10.1. The summed E-state index contributed by atoms with van der Waals surface area (Å²) in [5, 5.41) is 8.88. The van der Waals surface area contributed by atoms with Gasteiger partial charge in [0.1, 0.15) is 0 Å². The molecule has 0 spiro atoms. The Labute approximate surface area is 83.4 Å². The maximum atomic E-state index is 10.8. The van der Waals surface area contributed by atoms with Gasteiger partial charge in [-0.3, -0.25) is 0 Å². The normalized spacial score (nSPS) is 10.5. The molecule has 5 heteroatoms. The van der Waals surface area contributed by atoms with Gasteiger partial charge in [0.2, 0.25) is 6.08 Å². The van der Waals surface area contributed by atoms with E-state index in [0.717, 1.165) is 0 Å². The van der Waals surface area contributed by atoms with Crippen LogP contribution in [0, 0.1) is 0 Å². The lowest BCUT2D eigenvalue weighted by Crippen LogP contribution is -2.45. The van der Waals surface area contributed by atoms with E-state index in [9.17, 15) is 9.59 Å². The average molecular weight is 200 g/mol. The molecule has 0 aliphatic heterocycles. The smallest absolute Gasteiger partial charge is 0.407 e. The molecule has 5 nitrogen and oxygen atoms in total. The van der Waals surface area contributed by atoms with Gasteiger partial charge < -0.3 is 10.0 Å². The fraction of sp³-hybridized carbons (Fsp3) is 0.778. The molecule has 0 bridgehead atoms. The van der Waals surface area contributed by atoms with Gasteiger partial charge in [0, 0.05) is 12.1 Å². The highest BCUT2D eigenvalue weighted by Crippen LogP contribution is 2.13. The van der Waals surface area contributed by atoms with E-state index in [-0.39, 0.29) is 0 Å².